The van der Waals surface area contributed by atoms with Crippen molar-refractivity contribution in [3.05, 3.63) is 85.1 Å². The zero-order chi connectivity index (χ0) is 54.1. The number of phosphoric acid groups is 1. The molecule has 0 amide bonds. The van der Waals surface area contributed by atoms with Gasteiger partial charge in [-0.1, -0.05) is 241 Å². The van der Waals surface area contributed by atoms with Crippen molar-refractivity contribution in [1.29, 1.82) is 0 Å². The quantitative estimate of drug-likeness (QED) is 0.0197. The topological polar surface area (TPSA) is 155 Å². The number of unbranched alkanes of at least 4 members (excludes halogenated alkanes) is 24. The number of esters is 3. The van der Waals surface area contributed by atoms with Crippen LogP contribution < -0.4 is 0 Å². The second-order valence-electron chi connectivity index (χ2n) is 19.4. The molecule has 2 N–H and O–H groups in total. The molecule has 0 saturated heterocycles. The molecule has 426 valence electrons. The zero-order valence-electron chi connectivity index (χ0n) is 47.0. The fourth-order valence-corrected chi connectivity index (χ4v) is 8.66. The van der Waals surface area contributed by atoms with E-state index < -0.39 is 57.8 Å². The fourth-order valence-electron chi connectivity index (χ4n) is 7.87. The van der Waals surface area contributed by atoms with Crippen LogP contribution in [0.15, 0.2) is 85.1 Å². The van der Waals surface area contributed by atoms with Crippen molar-refractivity contribution in [3.63, 3.8) is 0 Å². The maximum absolute atomic E-state index is 12.9. The molecule has 0 aliphatic heterocycles. The average Bonchev–Trinajstić information content (AvgIpc) is 3.39. The second-order valence-corrected chi connectivity index (χ2v) is 20.9. The molecule has 0 bridgehead atoms. The van der Waals surface area contributed by atoms with Crippen LogP contribution in [0, 0.1) is 0 Å². The van der Waals surface area contributed by atoms with Crippen molar-refractivity contribution in [3.8, 4) is 0 Å². The van der Waals surface area contributed by atoms with E-state index in [2.05, 4.69) is 81.5 Å². The van der Waals surface area contributed by atoms with Gasteiger partial charge in [-0.05, 0) is 77.0 Å². The van der Waals surface area contributed by atoms with Crippen molar-refractivity contribution in [2.24, 2.45) is 0 Å². The van der Waals surface area contributed by atoms with E-state index in [9.17, 15) is 28.9 Å². The number of aliphatic hydroxyl groups excluding tert-OH is 1. The number of carbonyl (C=O) groups excluding carboxylic acids is 3. The number of rotatable bonds is 54. The summed E-state index contributed by atoms with van der Waals surface area (Å²) >= 11 is 0. The lowest BCUT2D eigenvalue weighted by molar-refractivity contribution is -0.161. The molecule has 0 saturated carbocycles. The first-order valence-corrected chi connectivity index (χ1v) is 31.0. The van der Waals surface area contributed by atoms with Gasteiger partial charge in [0.1, 0.15) is 12.7 Å². The largest absolute Gasteiger partial charge is 0.472 e. The summed E-state index contributed by atoms with van der Waals surface area (Å²) in [6.07, 6.45) is 64.2. The minimum atomic E-state index is -4.77. The predicted octanol–water partition coefficient (Wildman–Crippen LogP) is 17.5. The lowest BCUT2D eigenvalue weighted by Gasteiger charge is -2.21. The monoisotopic (exact) mass is 1060 g/mol. The van der Waals surface area contributed by atoms with Crippen LogP contribution in [0.4, 0.5) is 0 Å². The van der Waals surface area contributed by atoms with Crippen molar-refractivity contribution < 1.29 is 52.2 Å². The lowest BCUT2D eigenvalue weighted by Crippen LogP contribution is -2.30. The standard InChI is InChI=1S/C62H107O11P/c1-4-7-10-13-16-19-22-25-27-28-29-30-32-35-38-41-44-47-50-53-62(66)73-59(55-69-60(64)51-48-45-42-39-36-33-24-21-18-15-12-9-6-3)57-71-74(67,68)70-56-58(54-63)72-61(65)52-49-46-43-40-37-34-31-26-23-20-17-14-11-8-5-2/h8,11,16-17,19-20,25-27,31,37,40,46,49,58-59,63H,4-7,9-10,12-15,18,21-24,28-30,32-36,38-39,41-45,47-48,50-57H2,1-3H3,(H,67,68)/b11-8-,19-16-,20-17-,27-25-,31-26-,40-37-,49-46-. The van der Waals surface area contributed by atoms with Gasteiger partial charge in [0.25, 0.3) is 0 Å². The Morgan fingerprint density at radius 1 is 0.405 bits per heavy atom. The van der Waals surface area contributed by atoms with Gasteiger partial charge in [-0.3, -0.25) is 23.4 Å². The first-order chi connectivity index (χ1) is 36.2. The summed E-state index contributed by atoms with van der Waals surface area (Å²) in [5.41, 5.74) is 0. The Kier molecular flexibility index (Phi) is 53.4. The highest BCUT2D eigenvalue weighted by atomic mass is 31.2. The van der Waals surface area contributed by atoms with E-state index in [4.69, 9.17) is 23.3 Å². The van der Waals surface area contributed by atoms with Crippen LogP contribution in [0.3, 0.4) is 0 Å². The normalized spacial score (nSPS) is 14.0. The van der Waals surface area contributed by atoms with Crippen LogP contribution in [0.2, 0.25) is 0 Å². The highest BCUT2D eigenvalue weighted by Crippen LogP contribution is 2.43. The molecule has 0 aromatic carbocycles. The highest BCUT2D eigenvalue weighted by Gasteiger charge is 2.28. The molecule has 0 heterocycles. The molecule has 0 radical (unpaired) electrons. The lowest BCUT2D eigenvalue weighted by atomic mass is 10.0. The summed E-state index contributed by atoms with van der Waals surface area (Å²) in [6, 6.07) is 0. The Labute approximate surface area is 451 Å². The molecule has 3 atom stereocenters. The molecular formula is C62H107O11P. The Morgan fingerprint density at radius 2 is 0.757 bits per heavy atom. The number of hydrogen-bond donors (Lipinski definition) is 2. The Morgan fingerprint density at radius 3 is 1.22 bits per heavy atom. The molecule has 0 aliphatic rings. The third kappa shape index (κ3) is 53.5. The Bertz CT molecular complexity index is 1560. The number of hydrogen-bond acceptors (Lipinski definition) is 10. The maximum Gasteiger partial charge on any atom is 0.472 e. The van der Waals surface area contributed by atoms with Gasteiger partial charge in [-0.2, -0.15) is 0 Å². The van der Waals surface area contributed by atoms with Crippen LogP contribution in [-0.2, 0) is 42.2 Å². The molecule has 0 fully saturated rings. The van der Waals surface area contributed by atoms with Crippen LogP contribution in [0.25, 0.3) is 0 Å². The van der Waals surface area contributed by atoms with Crippen molar-refractivity contribution in [2.75, 3.05) is 26.4 Å². The van der Waals surface area contributed by atoms with E-state index in [1.165, 1.54) is 116 Å². The Hall–Kier alpha value is -3.34. The van der Waals surface area contributed by atoms with Gasteiger partial charge in [0, 0.05) is 12.8 Å². The number of carbonyl (C=O) groups is 3. The number of ether oxygens (including phenoxy) is 3. The summed E-state index contributed by atoms with van der Waals surface area (Å²) in [6.45, 7) is 4.41. The van der Waals surface area contributed by atoms with E-state index in [1.54, 1.807) is 6.08 Å². The summed E-state index contributed by atoms with van der Waals surface area (Å²) in [4.78, 5) is 48.5. The van der Waals surface area contributed by atoms with Gasteiger partial charge in [-0.25, -0.2) is 4.57 Å². The van der Waals surface area contributed by atoms with Crippen molar-refractivity contribution >= 4 is 25.7 Å². The van der Waals surface area contributed by atoms with Gasteiger partial charge in [0.05, 0.1) is 26.2 Å². The average molecular weight is 1060 g/mol. The van der Waals surface area contributed by atoms with Gasteiger partial charge >= 0.3 is 25.7 Å². The second kappa shape index (κ2) is 55.9. The van der Waals surface area contributed by atoms with Crippen LogP contribution in [0.1, 0.15) is 252 Å². The van der Waals surface area contributed by atoms with Gasteiger partial charge < -0.3 is 24.2 Å². The predicted molar refractivity (Wildman–Crippen MR) is 307 cm³/mol. The molecule has 12 heteroatoms. The molecule has 74 heavy (non-hydrogen) atoms. The minimum Gasteiger partial charge on any atom is -0.462 e. The zero-order valence-corrected chi connectivity index (χ0v) is 47.9. The molecular weight excluding hydrogens is 952 g/mol. The molecule has 0 spiro atoms. The van der Waals surface area contributed by atoms with Crippen molar-refractivity contribution in [1.82, 2.24) is 0 Å². The SMILES string of the molecule is CC/C=C\C/C=C\C/C=C\C/C=C\C/C=C\CC(=O)OC(CO)COP(=O)(O)OCC(COC(=O)CCCCCCCCCCCCCCC)OC(=O)CCCCCCCCCCC/C=C\C/C=C\CCCCC. The molecule has 0 aliphatic carbocycles. The number of aliphatic hydroxyl groups is 1. The summed E-state index contributed by atoms with van der Waals surface area (Å²) in [5.74, 6) is -1.60. The highest BCUT2D eigenvalue weighted by molar-refractivity contribution is 7.47. The van der Waals surface area contributed by atoms with Gasteiger partial charge in [0.2, 0.25) is 0 Å². The number of phosphoric ester groups is 1. The molecule has 0 aromatic rings. The first-order valence-electron chi connectivity index (χ1n) is 29.5. The third-order valence-electron chi connectivity index (χ3n) is 12.3. The fraction of sp³-hybridized carbons (Fsp3) is 0.726. The van der Waals surface area contributed by atoms with E-state index in [0.29, 0.717) is 19.3 Å². The molecule has 11 nitrogen and oxygen atoms in total. The van der Waals surface area contributed by atoms with E-state index >= 15 is 0 Å². The van der Waals surface area contributed by atoms with Crippen molar-refractivity contribution in [2.45, 2.75) is 264 Å². The Balaban J connectivity index is 4.78. The third-order valence-corrected chi connectivity index (χ3v) is 13.3. The minimum absolute atomic E-state index is 0.0566. The van der Waals surface area contributed by atoms with Gasteiger partial charge in [0.15, 0.2) is 6.10 Å². The number of allylic oxidation sites excluding steroid dienone is 13. The summed E-state index contributed by atoms with van der Waals surface area (Å²) in [5, 5.41) is 9.79. The van der Waals surface area contributed by atoms with Gasteiger partial charge in [-0.15, -0.1) is 0 Å². The van der Waals surface area contributed by atoms with E-state index in [-0.39, 0.29) is 25.9 Å². The molecule has 3 unspecified atom stereocenters. The smallest absolute Gasteiger partial charge is 0.462 e. The van der Waals surface area contributed by atoms with Crippen LogP contribution >= 0.6 is 7.82 Å². The molecule has 0 rings (SSSR count). The van der Waals surface area contributed by atoms with E-state index in [1.807, 2.05) is 18.2 Å². The first kappa shape index (κ1) is 70.7. The maximum atomic E-state index is 12.9. The molecule has 0 aromatic heterocycles. The van der Waals surface area contributed by atoms with Crippen LogP contribution in [0.5, 0.6) is 0 Å². The van der Waals surface area contributed by atoms with Crippen LogP contribution in [-0.4, -0.2) is 66.5 Å². The summed E-state index contributed by atoms with van der Waals surface area (Å²) < 4.78 is 39.4. The summed E-state index contributed by atoms with van der Waals surface area (Å²) in [7, 11) is -4.77. The van der Waals surface area contributed by atoms with E-state index in [0.717, 1.165) is 77.0 Å².